The first-order chi connectivity index (χ1) is 12.5. The van der Waals surface area contributed by atoms with Crippen LogP contribution in [0.4, 0.5) is 0 Å². The number of rotatable bonds is 6. The summed E-state index contributed by atoms with van der Waals surface area (Å²) in [5.41, 5.74) is 1.97. The molecule has 0 radical (unpaired) electrons. The lowest BCUT2D eigenvalue weighted by molar-refractivity contribution is -0.122. The van der Waals surface area contributed by atoms with E-state index in [4.69, 9.17) is 4.52 Å². The summed E-state index contributed by atoms with van der Waals surface area (Å²) in [7, 11) is 0. The Morgan fingerprint density at radius 2 is 2.19 bits per heavy atom. The van der Waals surface area contributed by atoms with Crippen molar-refractivity contribution >= 4 is 11.8 Å². The SMILES string of the molecule is Cc1noc(C)c1C(=O)N[C@H]1CN[C@H](C(=O)NCCc2ccccn2)C1. The van der Waals surface area contributed by atoms with Crippen LogP contribution in [-0.2, 0) is 11.2 Å². The lowest BCUT2D eigenvalue weighted by Crippen LogP contribution is -2.41. The molecule has 8 heteroatoms. The molecule has 0 unspecified atom stereocenters. The van der Waals surface area contributed by atoms with Crippen LogP contribution in [0, 0.1) is 13.8 Å². The smallest absolute Gasteiger partial charge is 0.257 e. The van der Waals surface area contributed by atoms with Crippen LogP contribution in [0.1, 0.15) is 33.9 Å². The Bertz CT molecular complexity index is 755. The van der Waals surface area contributed by atoms with Crippen molar-refractivity contribution < 1.29 is 14.1 Å². The zero-order chi connectivity index (χ0) is 18.5. The predicted molar refractivity (Wildman–Crippen MR) is 94.6 cm³/mol. The third-order valence-electron chi connectivity index (χ3n) is 4.45. The van der Waals surface area contributed by atoms with Gasteiger partial charge >= 0.3 is 0 Å². The number of aromatic nitrogens is 2. The number of aryl methyl sites for hydroxylation is 2. The van der Waals surface area contributed by atoms with Crippen molar-refractivity contribution in [3.8, 4) is 0 Å². The molecular formula is C18H23N5O3. The molecule has 8 nitrogen and oxygen atoms in total. The number of amides is 2. The second-order valence-corrected chi connectivity index (χ2v) is 6.43. The summed E-state index contributed by atoms with van der Waals surface area (Å²) in [4.78, 5) is 28.9. The fraction of sp³-hybridized carbons (Fsp3) is 0.444. The molecule has 0 bridgehead atoms. The Labute approximate surface area is 151 Å². The number of pyridine rings is 1. The number of hydrogen-bond donors (Lipinski definition) is 3. The summed E-state index contributed by atoms with van der Waals surface area (Å²) in [6.45, 7) is 4.52. The standard InChI is InChI=1S/C18H23N5O3/c1-11-16(12(2)26-23-11)18(25)22-14-9-15(21-10-14)17(24)20-8-6-13-5-3-4-7-19-13/h3-5,7,14-15,21H,6,8-10H2,1-2H3,(H,20,24)(H,22,25)/t14-,15+/m1/s1. The van der Waals surface area contributed by atoms with Crippen LogP contribution in [0.3, 0.4) is 0 Å². The number of hydrogen-bond acceptors (Lipinski definition) is 6. The zero-order valence-corrected chi connectivity index (χ0v) is 14.9. The van der Waals surface area contributed by atoms with Crippen LogP contribution in [0.5, 0.6) is 0 Å². The average Bonchev–Trinajstić information content (AvgIpc) is 3.22. The molecule has 3 N–H and O–H groups in total. The fourth-order valence-corrected chi connectivity index (χ4v) is 3.09. The van der Waals surface area contributed by atoms with Gasteiger partial charge in [0.1, 0.15) is 11.3 Å². The van der Waals surface area contributed by atoms with Gasteiger partial charge in [0.2, 0.25) is 5.91 Å². The van der Waals surface area contributed by atoms with E-state index in [2.05, 4.69) is 26.1 Å². The quantitative estimate of drug-likeness (QED) is 0.695. The van der Waals surface area contributed by atoms with E-state index in [1.807, 2.05) is 18.2 Å². The summed E-state index contributed by atoms with van der Waals surface area (Å²) < 4.78 is 5.03. The van der Waals surface area contributed by atoms with Gasteiger partial charge in [0.05, 0.1) is 11.7 Å². The van der Waals surface area contributed by atoms with E-state index in [9.17, 15) is 9.59 Å². The van der Waals surface area contributed by atoms with Gasteiger partial charge in [0.25, 0.3) is 5.91 Å². The Kier molecular flexibility index (Phi) is 5.62. The number of carbonyl (C=O) groups is 2. The minimum Gasteiger partial charge on any atom is -0.361 e. The molecule has 138 valence electrons. The van der Waals surface area contributed by atoms with Gasteiger partial charge in [0, 0.05) is 37.4 Å². The summed E-state index contributed by atoms with van der Waals surface area (Å²) in [6.07, 6.45) is 2.97. The first-order valence-electron chi connectivity index (χ1n) is 8.69. The number of nitrogens with zero attached hydrogens (tertiary/aromatic N) is 2. The van der Waals surface area contributed by atoms with Gasteiger partial charge in [-0.25, -0.2) is 0 Å². The first-order valence-corrected chi connectivity index (χ1v) is 8.69. The van der Waals surface area contributed by atoms with Crippen molar-refractivity contribution in [2.24, 2.45) is 0 Å². The molecule has 1 aliphatic heterocycles. The maximum Gasteiger partial charge on any atom is 0.257 e. The highest BCUT2D eigenvalue weighted by atomic mass is 16.5. The molecule has 0 saturated carbocycles. The molecule has 26 heavy (non-hydrogen) atoms. The highest BCUT2D eigenvalue weighted by molar-refractivity contribution is 5.96. The summed E-state index contributed by atoms with van der Waals surface area (Å²) in [5, 5.41) is 12.8. The lowest BCUT2D eigenvalue weighted by Gasteiger charge is -2.12. The Morgan fingerprint density at radius 3 is 2.88 bits per heavy atom. The van der Waals surface area contributed by atoms with Gasteiger partial charge in [-0.2, -0.15) is 0 Å². The van der Waals surface area contributed by atoms with Crippen molar-refractivity contribution in [2.45, 2.75) is 38.8 Å². The van der Waals surface area contributed by atoms with Crippen LogP contribution in [0.25, 0.3) is 0 Å². The molecule has 3 rings (SSSR count). The van der Waals surface area contributed by atoms with E-state index in [-0.39, 0.29) is 23.9 Å². The van der Waals surface area contributed by atoms with Crippen molar-refractivity contribution in [2.75, 3.05) is 13.1 Å². The average molecular weight is 357 g/mol. The molecular weight excluding hydrogens is 334 g/mol. The van der Waals surface area contributed by atoms with Crippen molar-refractivity contribution in [1.29, 1.82) is 0 Å². The van der Waals surface area contributed by atoms with Crippen molar-refractivity contribution in [3.63, 3.8) is 0 Å². The van der Waals surface area contributed by atoms with E-state index in [1.54, 1.807) is 20.0 Å². The van der Waals surface area contributed by atoms with E-state index in [1.165, 1.54) is 0 Å². The lowest BCUT2D eigenvalue weighted by atomic mass is 10.1. The van der Waals surface area contributed by atoms with Crippen LogP contribution < -0.4 is 16.0 Å². The first kappa shape index (κ1) is 18.1. The molecule has 2 aromatic rings. The van der Waals surface area contributed by atoms with Crippen LogP contribution in [-0.4, -0.2) is 47.1 Å². The normalized spacial score (nSPS) is 19.3. The van der Waals surface area contributed by atoms with Gasteiger partial charge in [-0.3, -0.25) is 14.6 Å². The van der Waals surface area contributed by atoms with E-state index >= 15 is 0 Å². The Hall–Kier alpha value is -2.74. The maximum absolute atomic E-state index is 12.4. The largest absolute Gasteiger partial charge is 0.361 e. The molecule has 2 amide bonds. The molecule has 2 aromatic heterocycles. The highest BCUT2D eigenvalue weighted by Gasteiger charge is 2.31. The number of carbonyl (C=O) groups excluding carboxylic acids is 2. The minimum atomic E-state index is -0.311. The van der Waals surface area contributed by atoms with Crippen LogP contribution in [0.2, 0.25) is 0 Å². The van der Waals surface area contributed by atoms with Gasteiger partial charge < -0.3 is 20.5 Å². The second-order valence-electron chi connectivity index (χ2n) is 6.43. The molecule has 2 atom stereocenters. The third kappa shape index (κ3) is 4.26. The zero-order valence-electron chi connectivity index (χ0n) is 14.9. The fourth-order valence-electron chi connectivity index (χ4n) is 3.09. The molecule has 0 aliphatic carbocycles. The van der Waals surface area contributed by atoms with Gasteiger partial charge in [0.15, 0.2) is 0 Å². The maximum atomic E-state index is 12.4. The minimum absolute atomic E-state index is 0.0602. The monoisotopic (exact) mass is 357 g/mol. The molecule has 3 heterocycles. The van der Waals surface area contributed by atoms with E-state index in [0.717, 1.165) is 5.69 Å². The Morgan fingerprint density at radius 1 is 1.35 bits per heavy atom. The van der Waals surface area contributed by atoms with E-state index in [0.29, 0.717) is 42.9 Å². The summed E-state index contributed by atoms with van der Waals surface area (Å²) in [6, 6.07) is 5.30. The topological polar surface area (TPSA) is 109 Å². The van der Waals surface area contributed by atoms with E-state index < -0.39 is 0 Å². The van der Waals surface area contributed by atoms with Gasteiger partial charge in [-0.15, -0.1) is 0 Å². The van der Waals surface area contributed by atoms with Crippen molar-refractivity contribution in [3.05, 3.63) is 47.1 Å². The Balaban J connectivity index is 1.44. The predicted octanol–water partition coefficient (Wildman–Crippen LogP) is 0.506. The highest BCUT2D eigenvalue weighted by Crippen LogP contribution is 2.14. The van der Waals surface area contributed by atoms with Crippen LogP contribution >= 0.6 is 0 Å². The third-order valence-corrected chi connectivity index (χ3v) is 4.45. The molecule has 1 saturated heterocycles. The summed E-state index contributed by atoms with van der Waals surface area (Å²) in [5.74, 6) is 0.217. The molecule has 0 aromatic carbocycles. The molecule has 1 aliphatic rings. The second kappa shape index (κ2) is 8.09. The molecule has 0 spiro atoms. The van der Waals surface area contributed by atoms with Gasteiger partial charge in [-0.1, -0.05) is 11.2 Å². The number of nitrogens with one attached hydrogen (secondary N) is 3. The molecule has 1 fully saturated rings. The van der Waals surface area contributed by atoms with Crippen molar-refractivity contribution in [1.82, 2.24) is 26.1 Å². The van der Waals surface area contributed by atoms with Crippen LogP contribution in [0.15, 0.2) is 28.9 Å². The summed E-state index contributed by atoms with van der Waals surface area (Å²) >= 11 is 0. The van der Waals surface area contributed by atoms with Gasteiger partial charge in [-0.05, 0) is 32.4 Å².